The van der Waals surface area contributed by atoms with Crippen LogP contribution in [0.15, 0.2) is 60.9 Å². The molecule has 1 saturated heterocycles. The molecular formula is C30H36N4O3. The van der Waals surface area contributed by atoms with Crippen LogP contribution in [0.3, 0.4) is 0 Å². The zero-order valence-corrected chi connectivity index (χ0v) is 21.8. The topological polar surface area (TPSA) is 76.5 Å². The molecule has 0 bridgehead atoms. The van der Waals surface area contributed by atoms with E-state index in [0.717, 1.165) is 61.1 Å². The highest BCUT2D eigenvalue weighted by atomic mass is 16.5. The summed E-state index contributed by atoms with van der Waals surface area (Å²) < 4.78 is 7.83. The predicted molar refractivity (Wildman–Crippen MR) is 143 cm³/mol. The lowest BCUT2D eigenvalue weighted by atomic mass is 9.74. The van der Waals surface area contributed by atoms with E-state index in [4.69, 9.17) is 4.74 Å². The molecule has 0 unspecified atom stereocenters. The van der Waals surface area contributed by atoms with Crippen molar-refractivity contribution < 1.29 is 14.3 Å². The van der Waals surface area contributed by atoms with Crippen LogP contribution in [-0.2, 0) is 11.2 Å². The highest BCUT2D eigenvalue weighted by molar-refractivity contribution is 5.95. The maximum Gasteiger partial charge on any atom is 0.260 e. The molecule has 194 valence electrons. The van der Waals surface area contributed by atoms with Crippen molar-refractivity contribution >= 4 is 11.8 Å². The van der Waals surface area contributed by atoms with Crippen molar-refractivity contribution in [2.45, 2.75) is 58.5 Å². The number of carbonyl (C=O) groups excluding carboxylic acids is 2. The van der Waals surface area contributed by atoms with Gasteiger partial charge in [-0.05, 0) is 86.8 Å². The molecule has 1 fully saturated rings. The van der Waals surface area contributed by atoms with E-state index in [-0.39, 0.29) is 17.2 Å². The Bertz CT molecular complexity index is 1250. The first-order chi connectivity index (χ1) is 17.9. The zero-order chi connectivity index (χ0) is 25.8. The van der Waals surface area contributed by atoms with E-state index in [0.29, 0.717) is 25.2 Å². The summed E-state index contributed by atoms with van der Waals surface area (Å²) in [6.07, 6.45) is 8.98. The minimum Gasteiger partial charge on any atom is -0.481 e. The second-order valence-corrected chi connectivity index (χ2v) is 10.5. The van der Waals surface area contributed by atoms with Gasteiger partial charge in [0.2, 0.25) is 0 Å². The lowest BCUT2D eigenvalue weighted by Crippen LogP contribution is -2.49. The van der Waals surface area contributed by atoms with Crippen molar-refractivity contribution in [3.63, 3.8) is 0 Å². The predicted octanol–water partition coefficient (Wildman–Crippen LogP) is 4.71. The van der Waals surface area contributed by atoms with Crippen LogP contribution < -0.4 is 10.1 Å². The summed E-state index contributed by atoms with van der Waals surface area (Å²) in [7, 11) is 0. The van der Waals surface area contributed by atoms with Crippen LogP contribution in [0.2, 0.25) is 0 Å². The fraction of sp³-hybridized carbons (Fsp3) is 0.433. The summed E-state index contributed by atoms with van der Waals surface area (Å²) in [5.41, 5.74) is 3.83. The summed E-state index contributed by atoms with van der Waals surface area (Å²) in [5, 5.41) is 7.50. The van der Waals surface area contributed by atoms with Crippen LogP contribution in [0.25, 0.3) is 5.69 Å². The Kier molecular flexibility index (Phi) is 7.31. The van der Waals surface area contributed by atoms with Crippen LogP contribution in [0.1, 0.15) is 60.5 Å². The molecule has 2 aromatic carbocycles. The summed E-state index contributed by atoms with van der Waals surface area (Å²) >= 11 is 0. The molecule has 0 saturated carbocycles. The molecule has 2 aliphatic rings. The van der Waals surface area contributed by atoms with Crippen LogP contribution in [0.5, 0.6) is 5.75 Å². The van der Waals surface area contributed by atoms with Gasteiger partial charge in [0.05, 0.1) is 5.69 Å². The molecule has 7 heteroatoms. The smallest absolute Gasteiger partial charge is 0.260 e. The van der Waals surface area contributed by atoms with Crippen LogP contribution in [0.4, 0.5) is 0 Å². The quantitative estimate of drug-likeness (QED) is 0.553. The van der Waals surface area contributed by atoms with Gasteiger partial charge in [-0.3, -0.25) is 9.59 Å². The molecule has 5 rings (SSSR count). The van der Waals surface area contributed by atoms with Gasteiger partial charge in [0.1, 0.15) is 5.75 Å². The molecule has 0 radical (unpaired) electrons. The number of nitrogens with one attached hydrogen (secondary N) is 1. The van der Waals surface area contributed by atoms with Gasteiger partial charge in [0.15, 0.2) is 6.10 Å². The largest absolute Gasteiger partial charge is 0.481 e. The zero-order valence-electron chi connectivity index (χ0n) is 21.8. The van der Waals surface area contributed by atoms with E-state index < -0.39 is 6.10 Å². The molecule has 0 aliphatic carbocycles. The van der Waals surface area contributed by atoms with Gasteiger partial charge in [0.25, 0.3) is 11.8 Å². The first-order valence-electron chi connectivity index (χ1n) is 13.4. The van der Waals surface area contributed by atoms with E-state index in [2.05, 4.69) is 16.5 Å². The maximum absolute atomic E-state index is 13.4. The standard InChI is InChI=1S/C30H36N4O3/c1-22-11-12-25(20-26(22)34-17-7-16-32-34)29(36)33-18-14-30(15-19-33)13-6-5-9-24-8-3-4-10-27(24)37-23(2)28(35)31-21-30/h3-4,7-8,10-12,16-17,20,23H,5-6,9,13-15,18-19,21H2,1-2H3,(H,31,35)/t23-/m1/s1. The summed E-state index contributed by atoms with van der Waals surface area (Å²) in [6, 6.07) is 15.7. The van der Waals surface area contributed by atoms with Gasteiger partial charge in [0, 0.05) is 37.6 Å². The Morgan fingerprint density at radius 1 is 1.08 bits per heavy atom. The molecule has 1 N–H and O–H groups in total. The second-order valence-electron chi connectivity index (χ2n) is 10.5. The highest BCUT2D eigenvalue weighted by Gasteiger charge is 2.37. The Morgan fingerprint density at radius 3 is 2.68 bits per heavy atom. The van der Waals surface area contributed by atoms with E-state index in [1.165, 1.54) is 0 Å². The van der Waals surface area contributed by atoms with Crippen molar-refractivity contribution in [2.75, 3.05) is 19.6 Å². The molecule has 37 heavy (non-hydrogen) atoms. The molecule has 2 amide bonds. The minimum absolute atomic E-state index is 0.00162. The molecule has 2 aliphatic heterocycles. The van der Waals surface area contributed by atoms with Gasteiger partial charge in [-0.1, -0.05) is 30.7 Å². The Balaban J connectivity index is 1.27. The molecule has 3 aromatic rings. The van der Waals surface area contributed by atoms with Crippen molar-refractivity contribution in [3.8, 4) is 11.4 Å². The number of hydrogen-bond acceptors (Lipinski definition) is 4. The van der Waals surface area contributed by atoms with Crippen molar-refractivity contribution in [1.82, 2.24) is 20.0 Å². The first kappa shape index (κ1) is 25.1. The molecule has 1 spiro atoms. The SMILES string of the molecule is Cc1ccc(C(=O)N2CCC3(CCCCc4ccccc4O[C@H](C)C(=O)NC3)CC2)cc1-n1cccn1. The number of rotatable bonds is 2. The van der Waals surface area contributed by atoms with E-state index in [9.17, 15) is 9.59 Å². The average Bonchev–Trinajstić information content (AvgIpc) is 3.45. The molecular weight excluding hydrogens is 464 g/mol. The van der Waals surface area contributed by atoms with Crippen molar-refractivity contribution in [2.24, 2.45) is 5.41 Å². The molecule has 3 heterocycles. The van der Waals surface area contributed by atoms with E-state index in [1.54, 1.807) is 10.9 Å². The van der Waals surface area contributed by atoms with Gasteiger partial charge >= 0.3 is 0 Å². The lowest BCUT2D eigenvalue weighted by molar-refractivity contribution is -0.128. The number of amides is 2. The summed E-state index contributed by atoms with van der Waals surface area (Å²) in [6.45, 7) is 5.84. The van der Waals surface area contributed by atoms with Crippen molar-refractivity contribution in [3.05, 3.63) is 77.6 Å². The van der Waals surface area contributed by atoms with Gasteiger partial charge in [-0.15, -0.1) is 0 Å². The number of aromatic nitrogens is 2. The third-order valence-electron chi connectivity index (χ3n) is 8.01. The summed E-state index contributed by atoms with van der Waals surface area (Å²) in [4.78, 5) is 28.3. The third-order valence-corrected chi connectivity index (χ3v) is 8.01. The fourth-order valence-corrected chi connectivity index (χ4v) is 5.59. The van der Waals surface area contributed by atoms with E-state index >= 15 is 0 Å². The molecule has 1 aromatic heterocycles. The van der Waals surface area contributed by atoms with Crippen LogP contribution in [-0.4, -0.2) is 52.2 Å². The number of aryl methyl sites for hydroxylation is 2. The number of likely N-dealkylation sites (tertiary alicyclic amines) is 1. The van der Waals surface area contributed by atoms with Crippen LogP contribution in [0, 0.1) is 12.3 Å². The number of fused-ring (bicyclic) bond motifs is 1. The lowest BCUT2D eigenvalue weighted by Gasteiger charge is -2.42. The minimum atomic E-state index is -0.551. The Labute approximate surface area is 218 Å². The van der Waals surface area contributed by atoms with Gasteiger partial charge in [-0.2, -0.15) is 5.10 Å². The fourth-order valence-electron chi connectivity index (χ4n) is 5.59. The third kappa shape index (κ3) is 5.55. The number of para-hydroxylation sites is 1. The van der Waals surface area contributed by atoms with Gasteiger partial charge < -0.3 is 15.0 Å². The number of ether oxygens (including phenoxy) is 1. The van der Waals surface area contributed by atoms with Gasteiger partial charge in [-0.25, -0.2) is 4.68 Å². The number of benzene rings is 2. The second kappa shape index (κ2) is 10.8. The number of nitrogens with zero attached hydrogens (tertiary/aromatic N) is 3. The number of piperidine rings is 1. The van der Waals surface area contributed by atoms with Crippen LogP contribution >= 0.6 is 0 Å². The Hall–Kier alpha value is -3.61. The highest BCUT2D eigenvalue weighted by Crippen LogP contribution is 2.37. The normalized spacial score (nSPS) is 20.2. The first-order valence-corrected chi connectivity index (χ1v) is 13.4. The molecule has 7 nitrogen and oxygen atoms in total. The number of hydrogen-bond donors (Lipinski definition) is 1. The number of carbonyl (C=O) groups is 2. The van der Waals surface area contributed by atoms with E-state index in [1.807, 2.05) is 67.4 Å². The molecule has 1 atom stereocenters. The monoisotopic (exact) mass is 500 g/mol. The summed E-state index contributed by atoms with van der Waals surface area (Å²) in [5.74, 6) is 0.775. The Morgan fingerprint density at radius 2 is 1.89 bits per heavy atom. The average molecular weight is 501 g/mol. The van der Waals surface area contributed by atoms with Crippen molar-refractivity contribution in [1.29, 1.82) is 0 Å². The maximum atomic E-state index is 13.4.